The van der Waals surface area contributed by atoms with Crippen LogP contribution in [0.4, 0.5) is 5.69 Å². The third-order valence-corrected chi connectivity index (χ3v) is 4.06. The Kier molecular flexibility index (Phi) is 4.42. The Balaban J connectivity index is 1.94. The number of nitrogens with one attached hydrogen (secondary N) is 1. The minimum Gasteiger partial charge on any atom is -0.508 e. The molecule has 21 heavy (non-hydrogen) atoms. The van der Waals surface area contributed by atoms with Crippen LogP contribution < -0.4 is 11.1 Å². The summed E-state index contributed by atoms with van der Waals surface area (Å²) in [5.74, 6) is -0.158. The van der Waals surface area contributed by atoms with Gasteiger partial charge in [-0.05, 0) is 51.8 Å². The zero-order valence-corrected chi connectivity index (χ0v) is 13.0. The number of nitrogen functional groups attached to an aromatic ring is 1. The SMILES string of the molecule is CC(C)(C)N1CCC(NC(=O)c2cc(O)ccc2N)CC1. The van der Waals surface area contributed by atoms with Gasteiger partial charge in [-0.3, -0.25) is 9.69 Å². The highest BCUT2D eigenvalue weighted by Gasteiger charge is 2.27. The number of carbonyl (C=O) groups is 1. The molecule has 2 rings (SSSR count). The van der Waals surface area contributed by atoms with Gasteiger partial charge in [0.1, 0.15) is 5.75 Å². The highest BCUT2D eigenvalue weighted by molar-refractivity contribution is 5.99. The zero-order chi connectivity index (χ0) is 15.6. The molecule has 4 N–H and O–H groups in total. The lowest BCUT2D eigenvalue weighted by atomic mass is 9.98. The number of phenolic OH excluding ortho intramolecular Hbond substituents is 1. The summed E-state index contributed by atoms with van der Waals surface area (Å²) in [6.45, 7) is 8.58. The van der Waals surface area contributed by atoms with Crippen molar-refractivity contribution in [2.45, 2.75) is 45.2 Å². The Bertz CT molecular complexity index is 515. The van der Waals surface area contributed by atoms with Crippen molar-refractivity contribution in [3.05, 3.63) is 23.8 Å². The second-order valence-electron chi connectivity index (χ2n) is 6.68. The van der Waals surface area contributed by atoms with Crippen molar-refractivity contribution in [3.8, 4) is 5.75 Å². The van der Waals surface area contributed by atoms with Crippen LogP contribution in [0.2, 0.25) is 0 Å². The Morgan fingerprint density at radius 1 is 1.33 bits per heavy atom. The molecule has 0 aliphatic carbocycles. The third-order valence-electron chi connectivity index (χ3n) is 4.06. The number of likely N-dealkylation sites (tertiary alicyclic amines) is 1. The first kappa shape index (κ1) is 15.6. The van der Waals surface area contributed by atoms with E-state index in [0.717, 1.165) is 25.9 Å². The fraction of sp³-hybridized carbons (Fsp3) is 0.562. The quantitative estimate of drug-likeness (QED) is 0.575. The van der Waals surface area contributed by atoms with Gasteiger partial charge >= 0.3 is 0 Å². The number of nitrogens with two attached hydrogens (primary N) is 1. The van der Waals surface area contributed by atoms with Crippen molar-refractivity contribution in [1.82, 2.24) is 10.2 Å². The Morgan fingerprint density at radius 2 is 1.95 bits per heavy atom. The second kappa shape index (κ2) is 5.93. The number of phenols is 1. The van der Waals surface area contributed by atoms with E-state index in [-0.39, 0.29) is 23.2 Å². The second-order valence-corrected chi connectivity index (χ2v) is 6.68. The van der Waals surface area contributed by atoms with Crippen molar-refractivity contribution in [3.63, 3.8) is 0 Å². The van der Waals surface area contributed by atoms with Crippen LogP contribution in [0, 0.1) is 0 Å². The summed E-state index contributed by atoms with van der Waals surface area (Å²) in [6.07, 6.45) is 1.86. The largest absolute Gasteiger partial charge is 0.508 e. The summed E-state index contributed by atoms with van der Waals surface area (Å²) in [5, 5.41) is 12.5. The van der Waals surface area contributed by atoms with Crippen molar-refractivity contribution in [1.29, 1.82) is 0 Å². The van der Waals surface area contributed by atoms with Crippen LogP contribution in [0.3, 0.4) is 0 Å². The molecule has 1 aromatic rings. The molecule has 116 valence electrons. The Hall–Kier alpha value is -1.75. The zero-order valence-electron chi connectivity index (χ0n) is 13.0. The van der Waals surface area contributed by atoms with Gasteiger partial charge in [0.25, 0.3) is 5.91 Å². The predicted octanol–water partition coefficient (Wildman–Crippen LogP) is 1.97. The predicted molar refractivity (Wildman–Crippen MR) is 84.3 cm³/mol. The molecule has 0 unspecified atom stereocenters. The maximum absolute atomic E-state index is 12.2. The number of anilines is 1. The highest BCUT2D eigenvalue weighted by Crippen LogP contribution is 2.22. The van der Waals surface area contributed by atoms with Crippen LogP contribution in [0.25, 0.3) is 0 Å². The fourth-order valence-electron chi connectivity index (χ4n) is 2.70. The van der Waals surface area contributed by atoms with E-state index in [9.17, 15) is 9.90 Å². The first-order chi connectivity index (χ1) is 9.77. The van der Waals surface area contributed by atoms with E-state index in [1.54, 1.807) is 6.07 Å². The fourth-order valence-corrected chi connectivity index (χ4v) is 2.70. The molecule has 1 fully saturated rings. The van der Waals surface area contributed by atoms with Gasteiger partial charge in [0.2, 0.25) is 0 Å². The maximum Gasteiger partial charge on any atom is 0.253 e. The van der Waals surface area contributed by atoms with Crippen LogP contribution in [-0.4, -0.2) is 40.6 Å². The minimum absolute atomic E-state index is 0.0527. The van der Waals surface area contributed by atoms with Crippen molar-refractivity contribution >= 4 is 11.6 Å². The average molecular weight is 291 g/mol. The number of piperidine rings is 1. The van der Waals surface area contributed by atoms with Crippen LogP contribution >= 0.6 is 0 Å². The van der Waals surface area contributed by atoms with Gasteiger partial charge in [0.15, 0.2) is 0 Å². The van der Waals surface area contributed by atoms with Gasteiger partial charge in [-0.1, -0.05) is 0 Å². The van der Waals surface area contributed by atoms with Crippen LogP contribution in [0.1, 0.15) is 44.0 Å². The molecule has 1 saturated heterocycles. The number of hydrogen-bond acceptors (Lipinski definition) is 4. The van der Waals surface area contributed by atoms with Crippen molar-refractivity contribution < 1.29 is 9.90 Å². The summed E-state index contributed by atoms with van der Waals surface area (Å²) in [5.41, 5.74) is 6.69. The van der Waals surface area contributed by atoms with Gasteiger partial charge in [0, 0.05) is 30.4 Å². The molecule has 1 heterocycles. The molecule has 0 bridgehead atoms. The smallest absolute Gasteiger partial charge is 0.253 e. The molecule has 1 amide bonds. The molecule has 0 atom stereocenters. The van der Waals surface area contributed by atoms with Gasteiger partial charge in [-0.15, -0.1) is 0 Å². The van der Waals surface area contributed by atoms with Gasteiger partial charge in [-0.25, -0.2) is 0 Å². The van der Waals surface area contributed by atoms with E-state index in [4.69, 9.17) is 5.73 Å². The van der Waals surface area contributed by atoms with Crippen LogP contribution in [-0.2, 0) is 0 Å². The number of aromatic hydroxyl groups is 1. The number of rotatable bonds is 2. The molecule has 5 heteroatoms. The topological polar surface area (TPSA) is 78.6 Å². The number of amides is 1. The first-order valence-corrected chi connectivity index (χ1v) is 7.42. The first-order valence-electron chi connectivity index (χ1n) is 7.42. The summed E-state index contributed by atoms with van der Waals surface area (Å²) in [7, 11) is 0. The average Bonchev–Trinajstić information content (AvgIpc) is 2.41. The Labute approximate surface area is 126 Å². The molecule has 0 radical (unpaired) electrons. The van der Waals surface area contributed by atoms with Gasteiger partial charge in [0.05, 0.1) is 5.56 Å². The summed E-state index contributed by atoms with van der Waals surface area (Å²) < 4.78 is 0. The highest BCUT2D eigenvalue weighted by atomic mass is 16.3. The molecule has 5 nitrogen and oxygen atoms in total. The molecular formula is C16H25N3O2. The van der Waals surface area contributed by atoms with E-state index in [0.29, 0.717) is 11.3 Å². The van der Waals surface area contributed by atoms with Crippen LogP contribution in [0.5, 0.6) is 5.75 Å². The maximum atomic E-state index is 12.2. The third kappa shape index (κ3) is 3.88. The van der Waals surface area contributed by atoms with E-state index < -0.39 is 0 Å². The number of nitrogens with zero attached hydrogens (tertiary/aromatic N) is 1. The number of benzene rings is 1. The van der Waals surface area contributed by atoms with E-state index in [1.807, 2.05) is 0 Å². The molecule has 1 aromatic carbocycles. The summed E-state index contributed by atoms with van der Waals surface area (Å²) >= 11 is 0. The van der Waals surface area contributed by atoms with Crippen molar-refractivity contribution in [2.24, 2.45) is 0 Å². The number of carbonyl (C=O) groups excluding carboxylic acids is 1. The van der Waals surface area contributed by atoms with Gasteiger partial charge in [-0.2, -0.15) is 0 Å². The monoisotopic (exact) mass is 291 g/mol. The lowest BCUT2D eigenvalue weighted by Crippen LogP contribution is -2.50. The van der Waals surface area contributed by atoms with E-state index in [1.165, 1.54) is 12.1 Å². The lowest BCUT2D eigenvalue weighted by Gasteiger charge is -2.41. The van der Waals surface area contributed by atoms with Crippen molar-refractivity contribution in [2.75, 3.05) is 18.8 Å². The standard InChI is InChI=1S/C16H25N3O2/c1-16(2,3)19-8-6-11(7-9-19)18-15(21)13-10-12(20)4-5-14(13)17/h4-5,10-11,20H,6-9,17H2,1-3H3,(H,18,21). The van der Waals surface area contributed by atoms with E-state index in [2.05, 4.69) is 31.0 Å². The lowest BCUT2D eigenvalue weighted by molar-refractivity contribution is 0.0813. The minimum atomic E-state index is -0.211. The summed E-state index contributed by atoms with van der Waals surface area (Å²) in [6, 6.07) is 4.60. The van der Waals surface area contributed by atoms with Gasteiger partial charge < -0.3 is 16.2 Å². The molecule has 1 aliphatic rings. The molecule has 1 aliphatic heterocycles. The van der Waals surface area contributed by atoms with Crippen LogP contribution in [0.15, 0.2) is 18.2 Å². The molecule has 0 saturated carbocycles. The molecule has 0 spiro atoms. The molecule has 0 aromatic heterocycles. The number of hydrogen-bond donors (Lipinski definition) is 3. The normalized spacial score (nSPS) is 17.7. The summed E-state index contributed by atoms with van der Waals surface area (Å²) in [4.78, 5) is 14.7. The Morgan fingerprint density at radius 3 is 2.52 bits per heavy atom. The van der Waals surface area contributed by atoms with E-state index >= 15 is 0 Å². The molecular weight excluding hydrogens is 266 g/mol.